The normalized spacial score (nSPS) is 15.8. The number of H-pyrrole nitrogens is 1. The lowest BCUT2D eigenvalue weighted by Crippen LogP contribution is -2.31. The highest BCUT2D eigenvalue weighted by Gasteiger charge is 2.23. The molecule has 2 N–H and O–H groups in total. The number of hydrogen-bond donors (Lipinski definition) is 2. The molecule has 2 aromatic carbocycles. The molecule has 0 aliphatic carbocycles. The van der Waals surface area contributed by atoms with Crippen LogP contribution in [-0.2, 0) is 19.4 Å². The monoisotopic (exact) mass is 523 g/mol. The van der Waals surface area contributed by atoms with E-state index in [0.29, 0.717) is 17.3 Å². The van der Waals surface area contributed by atoms with Gasteiger partial charge in [-0.3, -0.25) is 14.5 Å². The molecular weight excluding hydrogens is 486 g/mol. The Hall–Kier alpha value is -3.81. The zero-order valence-electron chi connectivity index (χ0n) is 23.3. The SMILES string of the molecule is CC(=O)c1cc2cc(CCc3cc(NC(=O)c4ccc(CN5CC[C@H](N(C)C)C5)cc4)ccc3C)cnc2[nH]1. The number of aromatic nitrogens is 2. The molecule has 0 radical (unpaired) electrons. The molecule has 1 amide bonds. The molecule has 7 nitrogen and oxygen atoms in total. The first-order valence-electron chi connectivity index (χ1n) is 13.6. The number of Topliss-reactive ketones (excluding diaryl/α,β-unsaturated/α-hetero) is 1. The van der Waals surface area contributed by atoms with Crippen LogP contribution in [0.4, 0.5) is 5.69 Å². The predicted octanol–water partition coefficient (Wildman–Crippen LogP) is 5.25. The summed E-state index contributed by atoms with van der Waals surface area (Å²) in [5.74, 6) is -0.103. The largest absolute Gasteiger partial charge is 0.337 e. The average Bonchev–Trinajstić information content (AvgIpc) is 3.56. The van der Waals surface area contributed by atoms with Crippen LogP contribution in [0.15, 0.2) is 60.8 Å². The van der Waals surface area contributed by atoms with Crippen molar-refractivity contribution in [2.24, 2.45) is 0 Å². The van der Waals surface area contributed by atoms with Crippen molar-refractivity contribution >= 4 is 28.4 Å². The van der Waals surface area contributed by atoms with E-state index < -0.39 is 0 Å². The summed E-state index contributed by atoms with van der Waals surface area (Å²) in [4.78, 5) is 37.0. The van der Waals surface area contributed by atoms with E-state index in [-0.39, 0.29) is 11.7 Å². The summed E-state index contributed by atoms with van der Waals surface area (Å²) in [6.07, 6.45) is 4.70. The Kier molecular flexibility index (Phi) is 7.91. The number of likely N-dealkylation sites (tertiary alicyclic amines) is 1. The fourth-order valence-corrected chi connectivity index (χ4v) is 5.29. The standard InChI is InChI=1S/C32H37N5O2/c1-21-5-12-28(16-26(21)11-8-24-15-27-17-30(22(2)38)35-31(27)33-18-24)34-32(39)25-9-6-23(7-10-25)19-37-14-13-29(20-37)36(3)4/h5-7,9-10,12,15-18,29H,8,11,13-14,19-20H2,1-4H3,(H,33,35)(H,34,39)/t29-/m0/s1. The summed E-state index contributed by atoms with van der Waals surface area (Å²) in [5, 5.41) is 4.01. The first kappa shape index (κ1) is 26.8. The molecule has 1 aliphatic heterocycles. The second-order valence-corrected chi connectivity index (χ2v) is 11.0. The van der Waals surface area contributed by atoms with Gasteiger partial charge in [0, 0.05) is 55.4 Å². The highest BCUT2D eigenvalue weighted by molar-refractivity contribution is 6.04. The highest BCUT2D eigenvalue weighted by atomic mass is 16.1. The zero-order chi connectivity index (χ0) is 27.5. The third-order valence-electron chi connectivity index (χ3n) is 7.80. The third-order valence-corrected chi connectivity index (χ3v) is 7.80. The quantitative estimate of drug-likeness (QED) is 0.293. The summed E-state index contributed by atoms with van der Waals surface area (Å²) in [6.45, 7) is 6.75. The number of aromatic amines is 1. The minimum absolute atomic E-state index is 0.000336. The van der Waals surface area contributed by atoms with Gasteiger partial charge in [0.25, 0.3) is 5.91 Å². The lowest BCUT2D eigenvalue weighted by Gasteiger charge is -2.20. The Balaban J connectivity index is 1.19. The molecule has 1 atom stereocenters. The molecule has 0 spiro atoms. The van der Waals surface area contributed by atoms with Crippen LogP contribution in [0.1, 0.15) is 56.4 Å². The average molecular weight is 524 g/mol. The van der Waals surface area contributed by atoms with E-state index in [1.165, 1.54) is 23.1 Å². The molecule has 202 valence electrons. The van der Waals surface area contributed by atoms with Crippen LogP contribution in [0.3, 0.4) is 0 Å². The molecule has 7 heteroatoms. The van der Waals surface area contributed by atoms with Gasteiger partial charge in [0.15, 0.2) is 5.78 Å². The fourth-order valence-electron chi connectivity index (χ4n) is 5.29. The molecule has 1 aliphatic rings. The Morgan fingerprint density at radius 2 is 1.85 bits per heavy atom. The second kappa shape index (κ2) is 11.5. The Labute approximate surface area is 230 Å². The smallest absolute Gasteiger partial charge is 0.255 e. The molecule has 1 saturated heterocycles. The van der Waals surface area contributed by atoms with Crippen molar-refractivity contribution in [3.8, 4) is 0 Å². The summed E-state index contributed by atoms with van der Waals surface area (Å²) in [6, 6.07) is 18.6. The third kappa shape index (κ3) is 6.44. The summed E-state index contributed by atoms with van der Waals surface area (Å²) >= 11 is 0. The fraction of sp³-hybridized carbons (Fsp3) is 0.344. The van der Waals surface area contributed by atoms with Gasteiger partial charge in [-0.1, -0.05) is 18.2 Å². The number of amides is 1. The van der Waals surface area contributed by atoms with Crippen LogP contribution in [0.5, 0.6) is 0 Å². The number of rotatable bonds is 9. The summed E-state index contributed by atoms with van der Waals surface area (Å²) in [5.41, 5.74) is 7.46. The first-order chi connectivity index (χ1) is 18.7. The first-order valence-corrected chi connectivity index (χ1v) is 13.6. The van der Waals surface area contributed by atoms with E-state index >= 15 is 0 Å². The zero-order valence-corrected chi connectivity index (χ0v) is 23.3. The van der Waals surface area contributed by atoms with Crippen LogP contribution in [0.25, 0.3) is 11.0 Å². The Morgan fingerprint density at radius 3 is 2.56 bits per heavy atom. The molecule has 3 heterocycles. The van der Waals surface area contributed by atoms with E-state index in [2.05, 4.69) is 76.4 Å². The number of nitrogens with one attached hydrogen (secondary N) is 2. The van der Waals surface area contributed by atoms with Crippen molar-refractivity contribution in [2.45, 2.75) is 45.7 Å². The van der Waals surface area contributed by atoms with Gasteiger partial charge in [0.1, 0.15) is 5.65 Å². The number of anilines is 1. The second-order valence-electron chi connectivity index (χ2n) is 11.0. The number of carbonyl (C=O) groups excluding carboxylic acids is 2. The minimum Gasteiger partial charge on any atom is -0.337 e. The maximum absolute atomic E-state index is 13.0. The van der Waals surface area contributed by atoms with Gasteiger partial charge in [-0.15, -0.1) is 0 Å². The van der Waals surface area contributed by atoms with Gasteiger partial charge in [-0.05, 0) is 98.9 Å². The van der Waals surface area contributed by atoms with E-state index in [1.807, 2.05) is 30.5 Å². The van der Waals surface area contributed by atoms with E-state index in [9.17, 15) is 9.59 Å². The lowest BCUT2D eigenvalue weighted by molar-refractivity contribution is 0.101. The molecule has 0 saturated carbocycles. The predicted molar refractivity (Wildman–Crippen MR) is 156 cm³/mol. The number of hydrogen-bond acceptors (Lipinski definition) is 5. The number of benzene rings is 2. The number of aryl methyl sites for hydroxylation is 3. The minimum atomic E-state index is -0.103. The van der Waals surface area contributed by atoms with Gasteiger partial charge in [-0.25, -0.2) is 4.98 Å². The topological polar surface area (TPSA) is 81.3 Å². The van der Waals surface area contributed by atoms with Gasteiger partial charge in [0.05, 0.1) is 5.69 Å². The number of fused-ring (bicyclic) bond motifs is 1. The number of ketones is 1. The van der Waals surface area contributed by atoms with E-state index in [1.54, 1.807) is 6.92 Å². The number of carbonyl (C=O) groups is 2. The molecule has 2 aromatic heterocycles. The van der Waals surface area contributed by atoms with Gasteiger partial charge in [0.2, 0.25) is 0 Å². The number of likely N-dealkylation sites (N-methyl/N-ethyl adjacent to an activating group) is 1. The van der Waals surface area contributed by atoms with Gasteiger partial charge >= 0.3 is 0 Å². The lowest BCUT2D eigenvalue weighted by atomic mass is 10.00. The molecule has 5 rings (SSSR count). The van der Waals surface area contributed by atoms with Crippen molar-refractivity contribution in [3.63, 3.8) is 0 Å². The van der Waals surface area contributed by atoms with Crippen LogP contribution in [0.2, 0.25) is 0 Å². The number of pyridine rings is 1. The van der Waals surface area contributed by atoms with Crippen molar-refractivity contribution in [1.29, 1.82) is 0 Å². The van der Waals surface area contributed by atoms with Gasteiger partial charge < -0.3 is 15.2 Å². The van der Waals surface area contributed by atoms with E-state index in [0.717, 1.165) is 54.8 Å². The molecule has 4 aromatic rings. The van der Waals surface area contributed by atoms with E-state index in [4.69, 9.17) is 0 Å². The maximum Gasteiger partial charge on any atom is 0.255 e. The van der Waals surface area contributed by atoms with Crippen molar-refractivity contribution in [2.75, 3.05) is 32.5 Å². The molecule has 1 fully saturated rings. The molecule has 0 bridgehead atoms. The molecular formula is C32H37N5O2. The van der Waals surface area contributed by atoms with Crippen LogP contribution in [0, 0.1) is 6.92 Å². The summed E-state index contributed by atoms with van der Waals surface area (Å²) in [7, 11) is 4.29. The Bertz CT molecular complexity index is 1490. The van der Waals surface area contributed by atoms with Gasteiger partial charge in [-0.2, -0.15) is 0 Å². The molecule has 39 heavy (non-hydrogen) atoms. The highest BCUT2D eigenvalue weighted by Crippen LogP contribution is 2.21. The number of nitrogens with zero attached hydrogens (tertiary/aromatic N) is 3. The molecule has 0 unspecified atom stereocenters. The Morgan fingerprint density at radius 1 is 1.05 bits per heavy atom. The maximum atomic E-state index is 13.0. The van der Waals surface area contributed by atoms with Crippen LogP contribution in [-0.4, -0.2) is 64.7 Å². The van der Waals surface area contributed by atoms with Crippen molar-refractivity contribution in [1.82, 2.24) is 19.8 Å². The van der Waals surface area contributed by atoms with Crippen molar-refractivity contribution < 1.29 is 9.59 Å². The van der Waals surface area contributed by atoms with Crippen LogP contribution >= 0.6 is 0 Å². The van der Waals surface area contributed by atoms with Crippen LogP contribution < -0.4 is 5.32 Å². The summed E-state index contributed by atoms with van der Waals surface area (Å²) < 4.78 is 0. The van der Waals surface area contributed by atoms with Crippen molar-refractivity contribution in [3.05, 3.63) is 94.3 Å².